The molecule has 5 heteroatoms. The van der Waals surface area contributed by atoms with Gasteiger partial charge in [-0.05, 0) is 79.7 Å². The Labute approximate surface area is 198 Å². The molecular weight excluding hydrogens is 440 g/mol. The molecule has 0 aromatic heterocycles. The third kappa shape index (κ3) is 4.75. The summed E-state index contributed by atoms with van der Waals surface area (Å²) in [4.78, 5) is 0. The fourth-order valence-corrected chi connectivity index (χ4v) is 4.91. The maximum atomic E-state index is 15.1. The van der Waals surface area contributed by atoms with Gasteiger partial charge < -0.3 is 4.74 Å². The molecule has 0 radical (unpaired) electrons. The first kappa shape index (κ1) is 24.1. The van der Waals surface area contributed by atoms with Gasteiger partial charge in [0, 0.05) is 5.56 Å². The van der Waals surface area contributed by atoms with Gasteiger partial charge in [-0.1, -0.05) is 54.6 Å². The standard InChI is InChI=1S/C29H28F4O/c1-3-5-18-6-8-19(9-7-18)22-14-15-23(27(31)26(22)30)20-10-12-21(13-11-20)24-16-17-25(34-4-2)29(33)28(24)32/h3,5-9,14-17,20-21H,4,10-13H2,1-2H3. The number of hydrogen-bond donors (Lipinski definition) is 0. The van der Waals surface area contributed by atoms with Crippen LogP contribution in [-0.2, 0) is 0 Å². The van der Waals surface area contributed by atoms with Crippen molar-refractivity contribution in [2.45, 2.75) is 51.4 Å². The molecule has 0 spiro atoms. The molecule has 3 aromatic rings. The Morgan fingerprint density at radius 2 is 1.29 bits per heavy atom. The summed E-state index contributed by atoms with van der Waals surface area (Å²) >= 11 is 0. The second-order valence-electron chi connectivity index (χ2n) is 8.71. The van der Waals surface area contributed by atoms with Gasteiger partial charge in [0.1, 0.15) is 0 Å². The van der Waals surface area contributed by atoms with Crippen LogP contribution in [0.5, 0.6) is 5.75 Å². The Kier molecular flexibility index (Phi) is 7.40. The molecule has 0 heterocycles. The minimum Gasteiger partial charge on any atom is -0.491 e. The van der Waals surface area contributed by atoms with E-state index in [1.54, 1.807) is 37.3 Å². The fraction of sp³-hybridized carbons (Fsp3) is 0.310. The van der Waals surface area contributed by atoms with E-state index >= 15 is 4.39 Å². The average molecular weight is 469 g/mol. The molecule has 0 saturated heterocycles. The van der Waals surface area contributed by atoms with Gasteiger partial charge in [-0.3, -0.25) is 0 Å². The molecule has 1 nitrogen and oxygen atoms in total. The lowest BCUT2D eigenvalue weighted by Gasteiger charge is -2.30. The molecule has 178 valence electrons. The highest BCUT2D eigenvalue weighted by atomic mass is 19.2. The number of halogens is 4. The van der Waals surface area contributed by atoms with E-state index in [0.717, 1.165) is 5.56 Å². The Bertz CT molecular complexity index is 1180. The van der Waals surface area contributed by atoms with Crippen LogP contribution in [0.3, 0.4) is 0 Å². The maximum Gasteiger partial charge on any atom is 0.200 e. The minimum atomic E-state index is -0.969. The lowest BCUT2D eigenvalue weighted by molar-refractivity contribution is 0.310. The van der Waals surface area contributed by atoms with Gasteiger partial charge in [0.15, 0.2) is 23.2 Å². The normalized spacial score (nSPS) is 18.4. The van der Waals surface area contributed by atoms with Crippen molar-refractivity contribution in [3.63, 3.8) is 0 Å². The van der Waals surface area contributed by atoms with Crippen molar-refractivity contribution in [3.8, 4) is 16.9 Å². The highest BCUT2D eigenvalue weighted by Gasteiger charge is 2.29. The molecule has 0 aliphatic heterocycles. The Morgan fingerprint density at radius 1 is 0.735 bits per heavy atom. The van der Waals surface area contributed by atoms with E-state index in [1.165, 1.54) is 6.07 Å². The summed E-state index contributed by atoms with van der Waals surface area (Å²) in [7, 11) is 0. The topological polar surface area (TPSA) is 9.23 Å². The molecule has 1 aliphatic rings. The molecule has 0 bridgehead atoms. The monoisotopic (exact) mass is 468 g/mol. The fourth-order valence-electron chi connectivity index (χ4n) is 4.91. The van der Waals surface area contributed by atoms with Crippen LogP contribution in [0.15, 0.2) is 54.6 Å². The third-order valence-electron chi connectivity index (χ3n) is 6.68. The van der Waals surface area contributed by atoms with E-state index in [9.17, 15) is 13.2 Å². The van der Waals surface area contributed by atoms with Crippen molar-refractivity contribution in [2.75, 3.05) is 6.61 Å². The minimum absolute atomic E-state index is 0.0912. The maximum absolute atomic E-state index is 15.1. The first-order valence-corrected chi connectivity index (χ1v) is 11.8. The van der Waals surface area contributed by atoms with Gasteiger partial charge in [-0.15, -0.1) is 0 Å². The SMILES string of the molecule is CC=Cc1ccc(-c2ccc(C3CCC(c4ccc(OCC)c(F)c4F)CC3)c(F)c2F)cc1. The van der Waals surface area contributed by atoms with Crippen LogP contribution in [0.4, 0.5) is 17.6 Å². The predicted octanol–water partition coefficient (Wildman–Crippen LogP) is 8.78. The predicted molar refractivity (Wildman–Crippen MR) is 128 cm³/mol. The van der Waals surface area contributed by atoms with E-state index < -0.39 is 23.3 Å². The van der Waals surface area contributed by atoms with E-state index in [0.29, 0.717) is 42.4 Å². The van der Waals surface area contributed by atoms with Crippen LogP contribution in [0.2, 0.25) is 0 Å². The molecule has 34 heavy (non-hydrogen) atoms. The zero-order chi connectivity index (χ0) is 24.2. The Hall–Kier alpha value is -3.08. The molecule has 0 N–H and O–H groups in total. The number of benzene rings is 3. The van der Waals surface area contributed by atoms with Gasteiger partial charge in [0.2, 0.25) is 5.82 Å². The van der Waals surface area contributed by atoms with Crippen molar-refractivity contribution in [1.29, 1.82) is 0 Å². The lowest BCUT2D eigenvalue weighted by atomic mass is 9.75. The van der Waals surface area contributed by atoms with Crippen LogP contribution in [0.1, 0.15) is 68.1 Å². The zero-order valence-electron chi connectivity index (χ0n) is 19.4. The Balaban J connectivity index is 1.50. The summed E-state index contributed by atoms with van der Waals surface area (Å²) in [6.07, 6.45) is 6.15. The summed E-state index contributed by atoms with van der Waals surface area (Å²) in [5.41, 5.74) is 2.51. The summed E-state index contributed by atoms with van der Waals surface area (Å²) in [6.45, 7) is 3.88. The van der Waals surface area contributed by atoms with Gasteiger partial charge in [-0.2, -0.15) is 4.39 Å². The first-order chi connectivity index (χ1) is 16.4. The van der Waals surface area contributed by atoms with Crippen molar-refractivity contribution in [3.05, 3.63) is 94.6 Å². The van der Waals surface area contributed by atoms with E-state index in [2.05, 4.69) is 0 Å². The van der Waals surface area contributed by atoms with Crippen LogP contribution in [0.25, 0.3) is 17.2 Å². The van der Waals surface area contributed by atoms with Crippen molar-refractivity contribution < 1.29 is 22.3 Å². The van der Waals surface area contributed by atoms with Crippen LogP contribution in [0, 0.1) is 23.3 Å². The van der Waals surface area contributed by atoms with Gasteiger partial charge in [0.05, 0.1) is 6.61 Å². The molecule has 0 atom stereocenters. The zero-order valence-corrected chi connectivity index (χ0v) is 19.4. The summed E-state index contributed by atoms with van der Waals surface area (Å²) in [5.74, 6) is -3.93. The summed E-state index contributed by atoms with van der Waals surface area (Å²) in [6, 6.07) is 13.6. The largest absolute Gasteiger partial charge is 0.491 e. The lowest BCUT2D eigenvalue weighted by Crippen LogP contribution is -2.15. The molecule has 0 unspecified atom stereocenters. The highest BCUT2D eigenvalue weighted by molar-refractivity contribution is 5.67. The van der Waals surface area contributed by atoms with E-state index in [4.69, 9.17) is 4.74 Å². The van der Waals surface area contributed by atoms with Crippen LogP contribution < -0.4 is 4.74 Å². The van der Waals surface area contributed by atoms with Gasteiger partial charge >= 0.3 is 0 Å². The molecule has 4 rings (SSSR count). The van der Waals surface area contributed by atoms with Crippen LogP contribution >= 0.6 is 0 Å². The van der Waals surface area contributed by atoms with E-state index in [1.807, 2.05) is 31.2 Å². The Morgan fingerprint density at radius 3 is 1.85 bits per heavy atom. The number of hydrogen-bond acceptors (Lipinski definition) is 1. The molecule has 0 amide bonds. The smallest absolute Gasteiger partial charge is 0.200 e. The molecule has 1 fully saturated rings. The molecule has 1 saturated carbocycles. The molecule has 3 aromatic carbocycles. The number of rotatable bonds is 6. The van der Waals surface area contributed by atoms with Crippen molar-refractivity contribution in [2.24, 2.45) is 0 Å². The third-order valence-corrected chi connectivity index (χ3v) is 6.68. The quantitative estimate of drug-likeness (QED) is 0.329. The average Bonchev–Trinajstić information content (AvgIpc) is 2.85. The van der Waals surface area contributed by atoms with Crippen molar-refractivity contribution >= 4 is 6.08 Å². The summed E-state index contributed by atoms with van der Waals surface area (Å²) < 4.78 is 64.1. The molecule has 1 aliphatic carbocycles. The summed E-state index contributed by atoms with van der Waals surface area (Å²) in [5, 5.41) is 0. The van der Waals surface area contributed by atoms with Crippen LogP contribution in [-0.4, -0.2) is 6.61 Å². The van der Waals surface area contributed by atoms with Gasteiger partial charge in [0.25, 0.3) is 0 Å². The van der Waals surface area contributed by atoms with Crippen molar-refractivity contribution in [1.82, 2.24) is 0 Å². The highest BCUT2D eigenvalue weighted by Crippen LogP contribution is 2.43. The first-order valence-electron chi connectivity index (χ1n) is 11.8. The number of ether oxygens (including phenoxy) is 1. The molecular formula is C29H28F4O. The second kappa shape index (κ2) is 10.5. The number of allylic oxidation sites excluding steroid dienone is 1. The second-order valence-corrected chi connectivity index (χ2v) is 8.71. The van der Waals surface area contributed by atoms with Gasteiger partial charge in [-0.25, -0.2) is 13.2 Å². The van der Waals surface area contributed by atoms with E-state index in [-0.39, 0.29) is 29.8 Å².